The summed E-state index contributed by atoms with van der Waals surface area (Å²) in [5.41, 5.74) is 3.96. The quantitative estimate of drug-likeness (QED) is 0.649. The van der Waals surface area contributed by atoms with Gasteiger partial charge in [0.15, 0.2) is 5.82 Å². The van der Waals surface area contributed by atoms with Crippen molar-refractivity contribution in [1.82, 2.24) is 24.8 Å². The van der Waals surface area contributed by atoms with E-state index in [9.17, 15) is 9.18 Å². The van der Waals surface area contributed by atoms with Crippen molar-refractivity contribution in [3.8, 4) is 0 Å². The number of nitrogens with one attached hydrogen (secondary N) is 1. The fourth-order valence-corrected chi connectivity index (χ4v) is 3.85. The Morgan fingerprint density at radius 1 is 1.28 bits per heavy atom. The van der Waals surface area contributed by atoms with Crippen molar-refractivity contribution >= 4 is 28.4 Å². The van der Waals surface area contributed by atoms with Crippen LogP contribution in [-0.2, 0) is 13.5 Å². The van der Waals surface area contributed by atoms with E-state index < -0.39 is 0 Å². The molecule has 0 radical (unpaired) electrons. The number of hydrogen-bond donors (Lipinski definition) is 1. The molecule has 0 atom stereocenters. The molecule has 0 unspecified atom stereocenters. The summed E-state index contributed by atoms with van der Waals surface area (Å²) < 4.78 is 15.4. The molecule has 0 saturated heterocycles. The van der Waals surface area contributed by atoms with Crippen molar-refractivity contribution in [2.24, 2.45) is 7.05 Å². The molecule has 3 aromatic rings. The Balaban J connectivity index is 1.64. The topological polar surface area (TPSA) is 66.3 Å². The first-order valence-corrected chi connectivity index (χ1v) is 9.75. The molecule has 8 heteroatoms. The van der Waals surface area contributed by atoms with E-state index in [1.807, 2.05) is 25.7 Å². The van der Waals surface area contributed by atoms with Crippen LogP contribution < -0.4 is 10.2 Å². The van der Waals surface area contributed by atoms with E-state index >= 15 is 0 Å². The largest absolute Gasteiger partial charge is 0.351 e. The van der Waals surface area contributed by atoms with E-state index in [2.05, 4.69) is 25.1 Å². The van der Waals surface area contributed by atoms with Crippen molar-refractivity contribution in [3.63, 3.8) is 0 Å². The van der Waals surface area contributed by atoms with Gasteiger partial charge in [-0.15, -0.1) is 0 Å². The number of anilines is 2. The van der Waals surface area contributed by atoms with Gasteiger partial charge in [-0.1, -0.05) is 0 Å². The fourth-order valence-electron chi connectivity index (χ4n) is 3.85. The third-order valence-corrected chi connectivity index (χ3v) is 5.29. The molecular weight excluding hydrogens is 371 g/mol. The highest BCUT2D eigenvalue weighted by Gasteiger charge is 2.26. The minimum atomic E-state index is -0.231. The average Bonchev–Trinajstić information content (AvgIpc) is 3.26. The lowest BCUT2D eigenvalue weighted by molar-refractivity contribution is 0.0944. The number of benzene rings is 1. The predicted octanol–water partition coefficient (Wildman–Crippen LogP) is 2.48. The Kier molecular flexibility index (Phi) is 5.19. The molecule has 0 bridgehead atoms. The van der Waals surface area contributed by atoms with Gasteiger partial charge in [0.25, 0.3) is 5.91 Å². The SMILES string of the molecule is CN(C)CCCNC(=O)c1cc2ncnc(N3CCc4cc(F)ccc43)c2n1C. The molecule has 2 aromatic heterocycles. The Hall–Kier alpha value is -3.00. The minimum absolute atomic E-state index is 0.126. The van der Waals surface area contributed by atoms with Crippen molar-refractivity contribution in [2.75, 3.05) is 38.6 Å². The number of aromatic nitrogens is 3. The summed E-state index contributed by atoms with van der Waals surface area (Å²) in [5.74, 6) is 0.374. The molecule has 3 heterocycles. The molecular formula is C21H25FN6O. The van der Waals surface area contributed by atoms with Crippen LogP contribution in [0.3, 0.4) is 0 Å². The second kappa shape index (κ2) is 7.79. The summed E-state index contributed by atoms with van der Waals surface area (Å²) in [6.45, 7) is 2.24. The third kappa shape index (κ3) is 3.67. The maximum Gasteiger partial charge on any atom is 0.267 e. The van der Waals surface area contributed by atoms with Crippen LogP contribution in [0.5, 0.6) is 0 Å². The van der Waals surface area contributed by atoms with Gasteiger partial charge in [-0.3, -0.25) is 4.79 Å². The molecule has 1 aromatic carbocycles. The molecule has 1 aliphatic rings. The van der Waals surface area contributed by atoms with Crippen LogP contribution in [0.15, 0.2) is 30.6 Å². The van der Waals surface area contributed by atoms with Gasteiger partial charge in [-0.25, -0.2) is 14.4 Å². The molecule has 7 nitrogen and oxygen atoms in total. The summed E-state index contributed by atoms with van der Waals surface area (Å²) >= 11 is 0. The number of halogens is 1. The van der Waals surface area contributed by atoms with Gasteiger partial charge < -0.3 is 19.7 Å². The predicted molar refractivity (Wildman–Crippen MR) is 111 cm³/mol. The molecule has 1 amide bonds. The number of carbonyl (C=O) groups is 1. The first kappa shape index (κ1) is 19.3. The van der Waals surface area contributed by atoms with Crippen LogP contribution in [0, 0.1) is 5.82 Å². The smallest absolute Gasteiger partial charge is 0.267 e. The summed E-state index contributed by atoms with van der Waals surface area (Å²) in [7, 11) is 5.87. The van der Waals surface area contributed by atoms with Crippen LogP contribution in [-0.4, -0.2) is 59.1 Å². The van der Waals surface area contributed by atoms with Crippen LogP contribution in [0.1, 0.15) is 22.5 Å². The summed E-state index contributed by atoms with van der Waals surface area (Å²) in [6, 6.07) is 6.62. The molecule has 29 heavy (non-hydrogen) atoms. The first-order chi connectivity index (χ1) is 14.0. The van der Waals surface area contributed by atoms with Gasteiger partial charge in [-0.2, -0.15) is 0 Å². The molecule has 1 aliphatic heterocycles. The molecule has 0 aliphatic carbocycles. The third-order valence-electron chi connectivity index (χ3n) is 5.29. The Morgan fingerprint density at radius 3 is 2.90 bits per heavy atom. The van der Waals surface area contributed by atoms with Crippen LogP contribution in [0.2, 0.25) is 0 Å². The zero-order valence-corrected chi connectivity index (χ0v) is 16.9. The van der Waals surface area contributed by atoms with E-state index in [1.54, 1.807) is 18.2 Å². The van der Waals surface area contributed by atoms with Gasteiger partial charge >= 0.3 is 0 Å². The minimum Gasteiger partial charge on any atom is -0.351 e. The highest BCUT2D eigenvalue weighted by atomic mass is 19.1. The van der Waals surface area contributed by atoms with Gasteiger partial charge in [0, 0.05) is 25.8 Å². The summed E-state index contributed by atoms with van der Waals surface area (Å²) in [4.78, 5) is 25.7. The van der Waals surface area contributed by atoms with Gasteiger partial charge in [0.05, 0.1) is 5.52 Å². The second-order valence-corrected chi connectivity index (χ2v) is 7.61. The Bertz CT molecular complexity index is 1060. The first-order valence-electron chi connectivity index (χ1n) is 9.75. The van der Waals surface area contributed by atoms with Crippen LogP contribution in [0.4, 0.5) is 15.9 Å². The van der Waals surface area contributed by atoms with E-state index in [-0.39, 0.29) is 11.7 Å². The Labute approximate surface area is 169 Å². The van der Waals surface area contributed by atoms with E-state index in [1.165, 1.54) is 12.4 Å². The van der Waals surface area contributed by atoms with Crippen molar-refractivity contribution in [3.05, 3.63) is 47.7 Å². The van der Waals surface area contributed by atoms with Crippen molar-refractivity contribution < 1.29 is 9.18 Å². The maximum absolute atomic E-state index is 13.6. The van der Waals surface area contributed by atoms with E-state index in [0.717, 1.165) is 42.0 Å². The molecule has 0 saturated carbocycles. The molecule has 4 rings (SSSR count). The second-order valence-electron chi connectivity index (χ2n) is 7.61. The number of amides is 1. The summed E-state index contributed by atoms with van der Waals surface area (Å²) in [5, 5.41) is 2.98. The zero-order chi connectivity index (χ0) is 20.5. The van der Waals surface area contributed by atoms with Crippen molar-refractivity contribution in [2.45, 2.75) is 12.8 Å². The van der Waals surface area contributed by atoms with Crippen LogP contribution >= 0.6 is 0 Å². The van der Waals surface area contributed by atoms with Gasteiger partial charge in [0.2, 0.25) is 0 Å². The summed E-state index contributed by atoms with van der Waals surface area (Å²) in [6.07, 6.45) is 3.15. The Morgan fingerprint density at radius 2 is 2.10 bits per heavy atom. The molecule has 0 fully saturated rings. The van der Waals surface area contributed by atoms with Gasteiger partial charge in [0.1, 0.15) is 23.4 Å². The zero-order valence-electron chi connectivity index (χ0n) is 16.9. The van der Waals surface area contributed by atoms with E-state index in [4.69, 9.17) is 0 Å². The number of rotatable bonds is 6. The molecule has 152 valence electrons. The number of fused-ring (bicyclic) bond motifs is 2. The van der Waals surface area contributed by atoms with E-state index in [0.29, 0.717) is 24.3 Å². The highest BCUT2D eigenvalue weighted by Crippen LogP contribution is 2.37. The highest BCUT2D eigenvalue weighted by molar-refractivity contribution is 6.00. The lowest BCUT2D eigenvalue weighted by atomic mass is 10.2. The standard InChI is InChI=1S/C21H25FN6O/c1-26(2)9-4-8-23-21(29)18-12-16-19(27(18)3)20(25-13-24-16)28-10-7-14-11-15(22)5-6-17(14)28/h5-6,11-13H,4,7-10H2,1-3H3,(H,23,29). The normalized spacial score (nSPS) is 13.3. The number of carbonyl (C=O) groups excluding carboxylic acids is 1. The lowest BCUT2D eigenvalue weighted by Crippen LogP contribution is -2.28. The van der Waals surface area contributed by atoms with Gasteiger partial charge in [-0.05, 0) is 63.3 Å². The maximum atomic E-state index is 13.6. The fraction of sp³-hybridized carbons (Fsp3) is 0.381. The lowest BCUT2D eigenvalue weighted by Gasteiger charge is -2.19. The number of nitrogens with zero attached hydrogens (tertiary/aromatic N) is 5. The average molecular weight is 396 g/mol. The van der Waals surface area contributed by atoms with Crippen molar-refractivity contribution in [1.29, 1.82) is 0 Å². The number of hydrogen-bond acceptors (Lipinski definition) is 5. The molecule has 0 spiro atoms. The van der Waals surface area contributed by atoms with Crippen LogP contribution in [0.25, 0.3) is 11.0 Å². The molecule has 1 N–H and O–H groups in total. The monoisotopic (exact) mass is 396 g/mol. The number of aryl methyl sites for hydroxylation is 1.